The molecular formula is C11H16N4OS2. The fourth-order valence-electron chi connectivity index (χ4n) is 2.86. The predicted octanol–water partition coefficient (Wildman–Crippen LogP) is 1.16. The van der Waals surface area contributed by atoms with Crippen molar-refractivity contribution < 1.29 is 4.79 Å². The van der Waals surface area contributed by atoms with Crippen LogP contribution < -0.4 is 16.0 Å². The molecule has 5 nitrogen and oxygen atoms in total. The highest BCUT2D eigenvalue weighted by Gasteiger charge is 2.42. The zero-order valence-corrected chi connectivity index (χ0v) is 11.8. The topological polar surface area (TPSA) is 71.2 Å². The van der Waals surface area contributed by atoms with Crippen molar-refractivity contribution >= 4 is 40.0 Å². The van der Waals surface area contributed by atoms with Gasteiger partial charge in [-0.25, -0.2) is 0 Å². The third-order valence-electron chi connectivity index (χ3n) is 3.72. The zero-order valence-electron chi connectivity index (χ0n) is 10.2. The second-order valence-corrected chi connectivity index (χ2v) is 6.23. The van der Waals surface area contributed by atoms with Crippen LogP contribution >= 0.6 is 23.3 Å². The van der Waals surface area contributed by atoms with E-state index in [0.717, 1.165) is 35.8 Å². The number of rotatable bonds is 2. The van der Waals surface area contributed by atoms with Crippen LogP contribution in [0.4, 0.5) is 10.8 Å². The maximum Gasteiger partial charge on any atom is 0.225 e. The van der Waals surface area contributed by atoms with E-state index in [1.165, 1.54) is 11.5 Å². The fraction of sp³-hybridized carbons (Fsp3) is 0.636. The van der Waals surface area contributed by atoms with Crippen molar-refractivity contribution in [2.45, 2.75) is 23.8 Å². The van der Waals surface area contributed by atoms with E-state index < -0.39 is 0 Å². The van der Waals surface area contributed by atoms with E-state index in [0.29, 0.717) is 5.82 Å². The number of thioether (sulfide) groups is 1. The average Bonchev–Trinajstić information content (AvgIpc) is 2.93. The molecule has 0 bridgehead atoms. The van der Waals surface area contributed by atoms with Gasteiger partial charge in [0.25, 0.3) is 0 Å². The molecule has 0 aromatic carbocycles. The monoisotopic (exact) mass is 284 g/mol. The number of hydrogen-bond acceptors (Lipinski definition) is 6. The van der Waals surface area contributed by atoms with Gasteiger partial charge in [0, 0.05) is 13.1 Å². The Hall–Kier alpha value is -0.950. The van der Waals surface area contributed by atoms with Crippen LogP contribution in [0.25, 0.3) is 0 Å². The number of amides is 1. The molecule has 2 aliphatic heterocycles. The van der Waals surface area contributed by atoms with Gasteiger partial charge in [-0.05, 0) is 30.6 Å². The molecule has 0 radical (unpaired) electrons. The van der Waals surface area contributed by atoms with Crippen molar-refractivity contribution in [1.29, 1.82) is 0 Å². The first-order valence-electron chi connectivity index (χ1n) is 6.06. The molecule has 1 amide bonds. The minimum atomic E-state index is 0.136. The Kier molecular flexibility index (Phi) is 3.11. The minimum absolute atomic E-state index is 0.136. The van der Waals surface area contributed by atoms with Crippen molar-refractivity contribution in [3.8, 4) is 0 Å². The lowest BCUT2D eigenvalue weighted by molar-refractivity contribution is -0.122. The highest BCUT2D eigenvalue weighted by atomic mass is 32.2. The Bertz CT molecular complexity index is 476. The molecule has 7 heteroatoms. The van der Waals surface area contributed by atoms with Gasteiger partial charge in [-0.2, -0.15) is 4.37 Å². The summed E-state index contributed by atoms with van der Waals surface area (Å²) in [5, 5.41) is 4.10. The highest BCUT2D eigenvalue weighted by molar-refractivity contribution is 7.99. The molecule has 0 saturated carbocycles. The molecular weight excluding hydrogens is 268 g/mol. The van der Waals surface area contributed by atoms with E-state index in [9.17, 15) is 4.79 Å². The number of nitrogen functional groups attached to an aromatic ring is 1. The van der Waals surface area contributed by atoms with E-state index >= 15 is 0 Å². The molecule has 18 heavy (non-hydrogen) atoms. The fourth-order valence-corrected chi connectivity index (χ4v) is 4.62. The van der Waals surface area contributed by atoms with Gasteiger partial charge in [-0.3, -0.25) is 4.79 Å². The maximum atomic E-state index is 11.8. The van der Waals surface area contributed by atoms with Gasteiger partial charge >= 0.3 is 0 Å². The summed E-state index contributed by atoms with van der Waals surface area (Å²) in [4.78, 5) is 15.1. The van der Waals surface area contributed by atoms with E-state index in [-0.39, 0.29) is 17.9 Å². The summed E-state index contributed by atoms with van der Waals surface area (Å²) >= 11 is 3.08. The number of anilines is 2. The molecule has 0 spiro atoms. The van der Waals surface area contributed by atoms with Gasteiger partial charge in [0.05, 0.1) is 16.9 Å². The van der Waals surface area contributed by atoms with E-state index in [1.54, 1.807) is 11.8 Å². The van der Waals surface area contributed by atoms with Gasteiger partial charge in [0.1, 0.15) is 5.00 Å². The summed E-state index contributed by atoms with van der Waals surface area (Å²) in [6.07, 6.45) is 4.07. The first-order chi connectivity index (χ1) is 8.72. The smallest absolute Gasteiger partial charge is 0.225 e. The molecule has 1 aromatic heterocycles. The average molecular weight is 284 g/mol. The standard InChI is InChI=1S/C11H16N4OS2/c1-17-8-9(12)14-18-11(8)15-4-2-3-6-7(15)5-13-10(6)16/h6-7H,2-5H2,1H3,(H2,12,14)(H,13,16). The summed E-state index contributed by atoms with van der Waals surface area (Å²) in [6, 6.07) is 0.275. The number of hydrogen-bond donors (Lipinski definition) is 2. The molecule has 3 rings (SSSR count). The number of carbonyl (C=O) groups is 1. The van der Waals surface area contributed by atoms with Crippen molar-refractivity contribution in [2.24, 2.45) is 5.92 Å². The summed E-state index contributed by atoms with van der Waals surface area (Å²) in [6.45, 7) is 1.74. The molecule has 2 aliphatic rings. The van der Waals surface area contributed by atoms with Gasteiger partial charge < -0.3 is 16.0 Å². The lowest BCUT2D eigenvalue weighted by Gasteiger charge is -2.36. The summed E-state index contributed by atoms with van der Waals surface area (Å²) in [5.41, 5.74) is 5.89. The van der Waals surface area contributed by atoms with Crippen molar-refractivity contribution in [3.63, 3.8) is 0 Å². The third-order valence-corrected chi connectivity index (χ3v) is 5.56. The van der Waals surface area contributed by atoms with E-state index in [2.05, 4.69) is 14.6 Å². The summed E-state index contributed by atoms with van der Waals surface area (Å²) in [5.74, 6) is 0.951. The van der Waals surface area contributed by atoms with E-state index in [4.69, 9.17) is 5.73 Å². The van der Waals surface area contributed by atoms with Crippen molar-refractivity contribution in [2.75, 3.05) is 30.0 Å². The number of nitrogens with one attached hydrogen (secondary N) is 1. The van der Waals surface area contributed by atoms with Crippen LogP contribution in [0.5, 0.6) is 0 Å². The Labute approximate surface area is 114 Å². The number of aromatic nitrogens is 1. The highest BCUT2D eigenvalue weighted by Crippen LogP contribution is 2.41. The maximum absolute atomic E-state index is 11.8. The third kappa shape index (κ3) is 1.76. The molecule has 0 aliphatic carbocycles. The Morgan fingerprint density at radius 3 is 3.22 bits per heavy atom. The lowest BCUT2D eigenvalue weighted by atomic mass is 9.92. The number of fused-ring (bicyclic) bond motifs is 1. The summed E-state index contributed by atoms with van der Waals surface area (Å²) < 4.78 is 4.25. The SMILES string of the molecule is CSc1c(N)nsc1N1CCCC2C(=O)NCC21. The molecule has 2 atom stereocenters. The molecule has 2 unspecified atom stereocenters. The second kappa shape index (κ2) is 4.62. The van der Waals surface area contributed by atoms with Crippen molar-refractivity contribution in [1.82, 2.24) is 9.69 Å². The van der Waals surface area contributed by atoms with Gasteiger partial charge in [0.2, 0.25) is 5.91 Å². The van der Waals surface area contributed by atoms with Gasteiger partial charge in [-0.1, -0.05) is 0 Å². The largest absolute Gasteiger partial charge is 0.382 e. The van der Waals surface area contributed by atoms with E-state index in [1.807, 2.05) is 6.26 Å². The number of nitrogens with two attached hydrogens (primary N) is 1. The summed E-state index contributed by atoms with van der Waals surface area (Å²) in [7, 11) is 0. The second-order valence-electron chi connectivity index (χ2n) is 4.66. The van der Waals surface area contributed by atoms with Crippen molar-refractivity contribution in [3.05, 3.63) is 0 Å². The molecule has 2 fully saturated rings. The van der Waals surface area contributed by atoms with Crippen LogP contribution in [0.2, 0.25) is 0 Å². The van der Waals surface area contributed by atoms with Crippen LogP contribution in [0.1, 0.15) is 12.8 Å². The number of nitrogens with zero attached hydrogens (tertiary/aromatic N) is 2. The zero-order chi connectivity index (χ0) is 12.7. The minimum Gasteiger partial charge on any atom is -0.382 e. The molecule has 1 aromatic rings. The number of carbonyl (C=O) groups excluding carboxylic acids is 1. The van der Waals surface area contributed by atoms with Crippen LogP contribution in [-0.4, -0.2) is 35.7 Å². The Balaban J connectivity index is 1.93. The normalized spacial score (nSPS) is 27.2. The lowest BCUT2D eigenvalue weighted by Crippen LogP contribution is -2.45. The van der Waals surface area contributed by atoms with Crippen LogP contribution in [0.15, 0.2) is 4.90 Å². The molecule has 3 heterocycles. The van der Waals surface area contributed by atoms with Crippen LogP contribution in [0.3, 0.4) is 0 Å². The molecule has 98 valence electrons. The Morgan fingerprint density at radius 1 is 1.61 bits per heavy atom. The molecule has 3 N–H and O–H groups in total. The quantitative estimate of drug-likeness (QED) is 0.798. The van der Waals surface area contributed by atoms with Crippen LogP contribution in [-0.2, 0) is 4.79 Å². The predicted molar refractivity (Wildman–Crippen MR) is 75.2 cm³/mol. The van der Waals surface area contributed by atoms with Crippen LogP contribution in [0, 0.1) is 5.92 Å². The Morgan fingerprint density at radius 2 is 2.44 bits per heavy atom. The number of piperidine rings is 1. The first kappa shape index (κ1) is 12.1. The van der Waals surface area contributed by atoms with Gasteiger partial charge in [0.15, 0.2) is 5.82 Å². The van der Waals surface area contributed by atoms with Gasteiger partial charge in [-0.15, -0.1) is 11.8 Å². The first-order valence-corrected chi connectivity index (χ1v) is 8.05. The molecule has 2 saturated heterocycles.